The normalized spacial score (nSPS) is 42.9. The Labute approximate surface area is 195 Å². The summed E-state index contributed by atoms with van der Waals surface area (Å²) in [5.74, 6) is 0.162. The Morgan fingerprint density at radius 1 is 0.719 bits per heavy atom. The van der Waals surface area contributed by atoms with Gasteiger partial charge in [0.15, 0.2) is 0 Å². The van der Waals surface area contributed by atoms with Crippen molar-refractivity contribution >= 4 is 11.9 Å². The van der Waals surface area contributed by atoms with E-state index in [4.69, 9.17) is 0 Å². The number of carboxylic acid groups (broad SMARTS) is 2. The van der Waals surface area contributed by atoms with Crippen LogP contribution in [0.2, 0.25) is 0 Å². The highest BCUT2D eigenvalue weighted by Gasteiger charge is 2.70. The summed E-state index contributed by atoms with van der Waals surface area (Å²) < 4.78 is 0. The lowest BCUT2D eigenvalue weighted by Gasteiger charge is -2.60. The zero-order valence-electron chi connectivity index (χ0n) is 21.1. The lowest BCUT2D eigenvalue weighted by Crippen LogP contribution is -2.64. The van der Waals surface area contributed by atoms with Crippen LogP contribution in [-0.4, -0.2) is 22.2 Å². The summed E-state index contributed by atoms with van der Waals surface area (Å²) in [6.45, 7) is 13.2. The molecule has 4 heteroatoms. The monoisotopic (exact) mass is 446 g/mol. The summed E-state index contributed by atoms with van der Waals surface area (Å²) in [5.41, 5.74) is -2.49. The molecule has 0 aromatic rings. The summed E-state index contributed by atoms with van der Waals surface area (Å²) >= 11 is 0. The second-order valence-corrected chi connectivity index (χ2v) is 12.3. The Hall–Kier alpha value is -1.32. The molecule has 0 radical (unpaired) electrons. The van der Waals surface area contributed by atoms with E-state index in [1.165, 1.54) is 0 Å². The van der Waals surface area contributed by atoms with E-state index in [2.05, 4.69) is 41.5 Å². The average molecular weight is 447 g/mol. The molecule has 2 N–H and O–H groups in total. The third-order valence-electron chi connectivity index (χ3n) is 9.92. The van der Waals surface area contributed by atoms with Crippen molar-refractivity contribution in [1.82, 2.24) is 0 Å². The van der Waals surface area contributed by atoms with Crippen molar-refractivity contribution in [1.29, 1.82) is 0 Å². The molecular formula is C28H46O4. The van der Waals surface area contributed by atoms with E-state index < -0.39 is 22.8 Å². The Morgan fingerprint density at radius 3 is 1.34 bits per heavy atom. The first kappa shape index (κ1) is 25.3. The molecule has 0 bridgehead atoms. The number of hydrogen-bond acceptors (Lipinski definition) is 2. The van der Waals surface area contributed by atoms with E-state index in [0.717, 1.165) is 38.5 Å². The Balaban J connectivity index is 2.27. The Bertz CT molecular complexity index is 665. The lowest BCUT2D eigenvalue weighted by molar-refractivity contribution is -0.203. The van der Waals surface area contributed by atoms with Gasteiger partial charge in [-0.2, -0.15) is 0 Å². The molecule has 0 aliphatic heterocycles. The number of carboxylic acids is 2. The van der Waals surface area contributed by atoms with Crippen LogP contribution in [0.1, 0.15) is 92.9 Å². The lowest BCUT2D eigenvalue weighted by atomic mass is 9.41. The molecule has 0 aromatic heterocycles. The molecule has 32 heavy (non-hydrogen) atoms. The molecule has 8 atom stereocenters. The van der Waals surface area contributed by atoms with Gasteiger partial charge in [-0.15, -0.1) is 0 Å². The highest BCUT2D eigenvalue weighted by atomic mass is 16.4. The predicted octanol–water partition coefficient (Wildman–Crippen LogP) is 6.90. The maximum absolute atomic E-state index is 13.5. The molecule has 3 aliphatic rings. The maximum Gasteiger partial charge on any atom is 0.311 e. The summed E-state index contributed by atoms with van der Waals surface area (Å²) in [4.78, 5) is 26.9. The Morgan fingerprint density at radius 2 is 1.06 bits per heavy atom. The van der Waals surface area contributed by atoms with Gasteiger partial charge < -0.3 is 10.2 Å². The molecule has 0 unspecified atom stereocenters. The first-order chi connectivity index (χ1) is 15.0. The molecule has 3 rings (SSSR count). The number of hydrogen-bond donors (Lipinski definition) is 2. The van der Waals surface area contributed by atoms with Gasteiger partial charge in [0.25, 0.3) is 0 Å². The average Bonchev–Trinajstić information content (AvgIpc) is 2.72. The van der Waals surface area contributed by atoms with Crippen LogP contribution in [-0.2, 0) is 9.59 Å². The molecular weight excluding hydrogens is 400 g/mol. The predicted molar refractivity (Wildman–Crippen MR) is 128 cm³/mol. The summed E-state index contributed by atoms with van der Waals surface area (Å²) in [7, 11) is 0. The quantitative estimate of drug-likeness (QED) is 0.435. The van der Waals surface area contributed by atoms with Gasteiger partial charge in [-0.25, -0.2) is 0 Å². The first-order valence-corrected chi connectivity index (χ1v) is 13.1. The highest BCUT2D eigenvalue weighted by Crippen LogP contribution is 2.66. The summed E-state index contributed by atoms with van der Waals surface area (Å²) in [6.07, 6.45) is 10.6. The largest absolute Gasteiger partial charge is 0.481 e. The molecule has 0 amide bonds. The van der Waals surface area contributed by atoms with Crippen molar-refractivity contribution in [2.45, 2.75) is 92.9 Å². The van der Waals surface area contributed by atoms with Crippen molar-refractivity contribution in [3.8, 4) is 0 Å². The van der Waals surface area contributed by atoms with Gasteiger partial charge in [-0.1, -0.05) is 66.5 Å². The number of allylic oxidation sites excluding steroid dienone is 2. The van der Waals surface area contributed by atoms with Crippen LogP contribution in [0.25, 0.3) is 0 Å². The smallest absolute Gasteiger partial charge is 0.311 e. The molecule has 3 aliphatic carbocycles. The van der Waals surface area contributed by atoms with Crippen LogP contribution in [0.4, 0.5) is 0 Å². The second kappa shape index (κ2) is 9.50. The molecule has 2 saturated carbocycles. The van der Waals surface area contributed by atoms with E-state index >= 15 is 0 Å². The van der Waals surface area contributed by atoms with Crippen LogP contribution in [0, 0.1) is 58.2 Å². The zero-order valence-corrected chi connectivity index (χ0v) is 21.1. The SMILES string of the molecule is CC(C)[C@@H]1CC[C@@H](C)C[C@H]1[C@@]1(C(=O)O)CC=CC[C@]1(C(=O)O)[C@@H]1C[C@H](C)CC[C@H]1C(C)C. The highest BCUT2D eigenvalue weighted by molar-refractivity contribution is 5.88. The van der Waals surface area contributed by atoms with E-state index in [0.29, 0.717) is 36.5 Å². The third-order valence-corrected chi connectivity index (χ3v) is 9.92. The minimum absolute atomic E-state index is 0.102. The van der Waals surface area contributed by atoms with Gasteiger partial charge in [0.2, 0.25) is 0 Å². The van der Waals surface area contributed by atoms with Gasteiger partial charge in [0, 0.05) is 0 Å². The fraction of sp³-hybridized carbons (Fsp3) is 0.857. The standard InChI is InChI=1S/C28H46O4/c1-17(2)21-11-9-19(5)15-23(21)27(25(29)30)13-7-8-14-28(27,26(31)32)24-16-20(6)10-12-22(24)18(3)4/h7-8,17-24H,9-16H2,1-6H3,(H,29,30)(H,31,32)/t19-,20-,21+,22+,23-,24-,27-,28-/m1/s1. The molecule has 0 saturated heterocycles. The maximum atomic E-state index is 13.5. The first-order valence-electron chi connectivity index (χ1n) is 13.1. The van der Waals surface area contributed by atoms with Gasteiger partial charge in [-0.05, 0) is 85.9 Å². The van der Waals surface area contributed by atoms with Crippen molar-refractivity contribution < 1.29 is 19.8 Å². The minimum atomic E-state index is -1.24. The fourth-order valence-electron chi connectivity index (χ4n) is 8.28. The van der Waals surface area contributed by atoms with Crippen LogP contribution in [0.3, 0.4) is 0 Å². The van der Waals surface area contributed by atoms with Crippen molar-refractivity contribution in [3.63, 3.8) is 0 Å². The summed E-state index contributed by atoms with van der Waals surface area (Å²) in [6, 6.07) is 0. The van der Waals surface area contributed by atoms with Gasteiger partial charge >= 0.3 is 11.9 Å². The van der Waals surface area contributed by atoms with Crippen LogP contribution in [0.15, 0.2) is 12.2 Å². The molecule has 182 valence electrons. The minimum Gasteiger partial charge on any atom is -0.481 e. The molecule has 0 heterocycles. The topological polar surface area (TPSA) is 74.6 Å². The summed E-state index contributed by atoms with van der Waals surface area (Å²) in [5, 5.41) is 22.1. The molecule has 4 nitrogen and oxygen atoms in total. The fourth-order valence-corrected chi connectivity index (χ4v) is 8.28. The van der Waals surface area contributed by atoms with E-state index in [-0.39, 0.29) is 23.7 Å². The van der Waals surface area contributed by atoms with Crippen molar-refractivity contribution in [2.75, 3.05) is 0 Å². The van der Waals surface area contributed by atoms with Gasteiger partial charge in [0.1, 0.15) is 0 Å². The molecule has 0 aromatic carbocycles. The van der Waals surface area contributed by atoms with Crippen LogP contribution in [0.5, 0.6) is 0 Å². The molecule has 2 fully saturated rings. The zero-order chi connectivity index (χ0) is 23.8. The van der Waals surface area contributed by atoms with Crippen LogP contribution >= 0.6 is 0 Å². The van der Waals surface area contributed by atoms with E-state index in [9.17, 15) is 19.8 Å². The number of carbonyl (C=O) groups is 2. The van der Waals surface area contributed by atoms with Crippen LogP contribution < -0.4 is 0 Å². The third kappa shape index (κ3) is 3.94. The van der Waals surface area contributed by atoms with Gasteiger partial charge in [-0.3, -0.25) is 9.59 Å². The van der Waals surface area contributed by atoms with E-state index in [1.54, 1.807) is 0 Å². The van der Waals surface area contributed by atoms with E-state index in [1.807, 2.05) is 12.2 Å². The number of aliphatic carboxylic acids is 2. The molecule has 0 spiro atoms. The second-order valence-electron chi connectivity index (χ2n) is 12.3. The number of rotatable bonds is 6. The van der Waals surface area contributed by atoms with Crippen molar-refractivity contribution in [2.24, 2.45) is 58.2 Å². The van der Waals surface area contributed by atoms with Crippen molar-refractivity contribution in [3.05, 3.63) is 12.2 Å². The van der Waals surface area contributed by atoms with Gasteiger partial charge in [0.05, 0.1) is 10.8 Å². The Kier molecular flexibility index (Phi) is 7.52.